The molecule has 2 saturated heterocycles. The fourth-order valence-corrected chi connectivity index (χ4v) is 4.42. The molecule has 0 aliphatic carbocycles. The lowest BCUT2D eigenvalue weighted by Gasteiger charge is -2.36. The molecular formula is C24H41N5O2. The van der Waals surface area contributed by atoms with Gasteiger partial charge in [-0.25, -0.2) is 0 Å². The Kier molecular flexibility index (Phi) is 9.58. The summed E-state index contributed by atoms with van der Waals surface area (Å²) in [6.45, 7) is 12.0. The highest BCUT2D eigenvalue weighted by atomic mass is 16.5. The quantitative estimate of drug-likeness (QED) is 0.451. The van der Waals surface area contributed by atoms with Crippen LogP contribution in [0, 0.1) is 0 Å². The van der Waals surface area contributed by atoms with E-state index in [4.69, 9.17) is 14.5 Å². The van der Waals surface area contributed by atoms with Crippen LogP contribution < -0.4 is 5.32 Å². The highest BCUT2D eigenvalue weighted by Crippen LogP contribution is 2.24. The molecule has 3 unspecified atom stereocenters. The number of benzene rings is 1. The van der Waals surface area contributed by atoms with Crippen LogP contribution in [0.4, 0.5) is 0 Å². The van der Waals surface area contributed by atoms with Crippen LogP contribution in [0.2, 0.25) is 0 Å². The molecule has 0 saturated carbocycles. The molecule has 31 heavy (non-hydrogen) atoms. The van der Waals surface area contributed by atoms with E-state index in [0.29, 0.717) is 12.6 Å². The minimum atomic E-state index is 0.150. The number of nitrogens with zero attached hydrogens (tertiary/aromatic N) is 4. The van der Waals surface area contributed by atoms with E-state index in [1.165, 1.54) is 5.56 Å². The first-order chi connectivity index (χ1) is 15.1. The Hall–Kier alpha value is -1.67. The second-order valence-corrected chi connectivity index (χ2v) is 8.70. The average Bonchev–Trinajstić information content (AvgIpc) is 3.20. The van der Waals surface area contributed by atoms with E-state index in [2.05, 4.69) is 78.3 Å². The van der Waals surface area contributed by atoms with Gasteiger partial charge in [-0.3, -0.25) is 9.89 Å². The van der Waals surface area contributed by atoms with Crippen LogP contribution in [0.1, 0.15) is 25.8 Å². The Morgan fingerprint density at radius 2 is 2.06 bits per heavy atom. The summed E-state index contributed by atoms with van der Waals surface area (Å²) in [5.41, 5.74) is 1.36. The predicted octanol–water partition coefficient (Wildman–Crippen LogP) is 1.89. The Labute approximate surface area is 188 Å². The molecule has 0 amide bonds. The van der Waals surface area contributed by atoms with Crippen molar-refractivity contribution in [3.63, 3.8) is 0 Å². The first-order valence-corrected chi connectivity index (χ1v) is 11.8. The Balaban J connectivity index is 1.64. The number of ether oxygens (including phenoxy) is 2. The number of rotatable bonds is 10. The molecule has 7 heteroatoms. The highest BCUT2D eigenvalue weighted by Gasteiger charge is 2.41. The summed E-state index contributed by atoms with van der Waals surface area (Å²) in [6, 6.07) is 11.1. The molecule has 7 nitrogen and oxygen atoms in total. The first-order valence-electron chi connectivity index (χ1n) is 11.8. The fraction of sp³-hybridized carbons (Fsp3) is 0.708. The first kappa shape index (κ1) is 24.0. The van der Waals surface area contributed by atoms with Crippen LogP contribution in [-0.2, 0) is 16.0 Å². The number of fused-ring (bicyclic) bond motifs is 1. The standard InChI is InChI=1S/C24H41N5O2/c1-5-25-24(26-16-21(30-6-2)12-13-27(3)4)29-18-22-23(19-29)31-15-14-28(22)17-20-10-8-7-9-11-20/h7-11,21-23H,5-6,12-19H2,1-4H3,(H,25,26). The number of nitrogens with one attached hydrogen (secondary N) is 1. The SMILES string of the molecule is CCNC(=NCC(CCN(C)C)OCC)N1CC2OCCN(Cc3ccccc3)C2C1. The van der Waals surface area contributed by atoms with Crippen molar-refractivity contribution in [3.8, 4) is 0 Å². The monoisotopic (exact) mass is 431 g/mol. The Morgan fingerprint density at radius 3 is 2.77 bits per heavy atom. The number of likely N-dealkylation sites (tertiary alicyclic amines) is 1. The second kappa shape index (κ2) is 12.4. The number of hydrogen-bond donors (Lipinski definition) is 1. The van der Waals surface area contributed by atoms with Crippen LogP contribution in [0.5, 0.6) is 0 Å². The molecule has 2 aliphatic rings. The zero-order chi connectivity index (χ0) is 22.1. The van der Waals surface area contributed by atoms with Gasteiger partial charge < -0.3 is 24.6 Å². The number of morpholine rings is 1. The number of guanidine groups is 1. The van der Waals surface area contributed by atoms with E-state index in [0.717, 1.165) is 64.9 Å². The number of aliphatic imine (C=N–C) groups is 1. The minimum Gasteiger partial charge on any atom is -0.377 e. The molecule has 0 radical (unpaired) electrons. The van der Waals surface area contributed by atoms with Crippen molar-refractivity contribution < 1.29 is 9.47 Å². The topological polar surface area (TPSA) is 52.6 Å². The van der Waals surface area contributed by atoms with E-state index in [1.54, 1.807) is 0 Å². The highest BCUT2D eigenvalue weighted by molar-refractivity contribution is 5.80. The Morgan fingerprint density at radius 1 is 1.26 bits per heavy atom. The van der Waals surface area contributed by atoms with Gasteiger partial charge in [0.25, 0.3) is 0 Å². The smallest absolute Gasteiger partial charge is 0.194 e. The lowest BCUT2D eigenvalue weighted by Crippen LogP contribution is -2.50. The van der Waals surface area contributed by atoms with Crippen LogP contribution in [0.25, 0.3) is 0 Å². The van der Waals surface area contributed by atoms with Crippen molar-refractivity contribution in [3.05, 3.63) is 35.9 Å². The molecule has 1 aromatic carbocycles. The molecule has 2 aliphatic heterocycles. The van der Waals surface area contributed by atoms with Gasteiger partial charge in [0.1, 0.15) is 0 Å². The van der Waals surface area contributed by atoms with E-state index < -0.39 is 0 Å². The zero-order valence-corrected chi connectivity index (χ0v) is 19.8. The molecule has 1 N–H and O–H groups in total. The molecular weight excluding hydrogens is 390 g/mol. The second-order valence-electron chi connectivity index (χ2n) is 8.70. The molecule has 3 rings (SSSR count). The largest absolute Gasteiger partial charge is 0.377 e. The molecule has 1 aromatic rings. The summed E-state index contributed by atoms with van der Waals surface area (Å²) in [6.07, 6.45) is 1.37. The van der Waals surface area contributed by atoms with Crippen molar-refractivity contribution in [1.82, 2.24) is 20.0 Å². The molecule has 3 atom stereocenters. The maximum atomic E-state index is 6.16. The van der Waals surface area contributed by atoms with Crippen molar-refractivity contribution >= 4 is 5.96 Å². The summed E-state index contributed by atoms with van der Waals surface area (Å²) >= 11 is 0. The van der Waals surface area contributed by atoms with Gasteiger partial charge in [-0.05, 0) is 39.9 Å². The van der Waals surface area contributed by atoms with E-state index >= 15 is 0 Å². The third-order valence-electron chi connectivity index (χ3n) is 6.02. The zero-order valence-electron chi connectivity index (χ0n) is 19.8. The number of hydrogen-bond acceptors (Lipinski definition) is 5. The van der Waals surface area contributed by atoms with Gasteiger partial charge in [-0.15, -0.1) is 0 Å². The normalized spacial score (nSPS) is 23.3. The van der Waals surface area contributed by atoms with Crippen LogP contribution >= 0.6 is 0 Å². The molecule has 2 fully saturated rings. The third kappa shape index (κ3) is 7.17. The van der Waals surface area contributed by atoms with E-state index in [1.807, 2.05) is 0 Å². The van der Waals surface area contributed by atoms with Crippen LogP contribution in [0.15, 0.2) is 35.3 Å². The summed E-state index contributed by atoms with van der Waals surface area (Å²) in [4.78, 5) is 12.1. The molecule has 2 heterocycles. The van der Waals surface area contributed by atoms with Crippen LogP contribution in [-0.4, -0.2) is 105 Å². The van der Waals surface area contributed by atoms with E-state index in [-0.39, 0.29) is 12.2 Å². The van der Waals surface area contributed by atoms with Gasteiger partial charge in [0, 0.05) is 45.9 Å². The third-order valence-corrected chi connectivity index (χ3v) is 6.02. The summed E-state index contributed by atoms with van der Waals surface area (Å²) in [5.74, 6) is 0.981. The fourth-order valence-electron chi connectivity index (χ4n) is 4.42. The molecule has 174 valence electrons. The van der Waals surface area contributed by atoms with Gasteiger partial charge in [0.15, 0.2) is 5.96 Å². The minimum absolute atomic E-state index is 0.150. The van der Waals surface area contributed by atoms with Crippen molar-refractivity contribution in [2.45, 2.75) is 45.1 Å². The predicted molar refractivity (Wildman–Crippen MR) is 127 cm³/mol. The molecule has 0 bridgehead atoms. The Bertz CT molecular complexity index is 669. The van der Waals surface area contributed by atoms with Crippen molar-refractivity contribution in [1.29, 1.82) is 0 Å². The maximum Gasteiger partial charge on any atom is 0.194 e. The lowest BCUT2D eigenvalue weighted by molar-refractivity contribution is -0.0502. The van der Waals surface area contributed by atoms with Crippen LogP contribution in [0.3, 0.4) is 0 Å². The van der Waals surface area contributed by atoms with Gasteiger partial charge in [-0.2, -0.15) is 0 Å². The van der Waals surface area contributed by atoms with Crippen molar-refractivity contribution in [2.24, 2.45) is 4.99 Å². The van der Waals surface area contributed by atoms with Gasteiger partial charge in [0.05, 0.1) is 31.4 Å². The lowest BCUT2D eigenvalue weighted by atomic mass is 10.1. The summed E-state index contributed by atoms with van der Waals surface area (Å²) in [5, 5.41) is 3.50. The van der Waals surface area contributed by atoms with Crippen molar-refractivity contribution in [2.75, 3.05) is 66.6 Å². The van der Waals surface area contributed by atoms with Gasteiger partial charge >= 0.3 is 0 Å². The maximum absolute atomic E-state index is 6.16. The summed E-state index contributed by atoms with van der Waals surface area (Å²) < 4.78 is 12.1. The summed E-state index contributed by atoms with van der Waals surface area (Å²) in [7, 11) is 4.20. The van der Waals surface area contributed by atoms with E-state index in [9.17, 15) is 0 Å². The van der Waals surface area contributed by atoms with Gasteiger partial charge in [0.2, 0.25) is 0 Å². The average molecular weight is 432 g/mol. The molecule has 0 spiro atoms. The molecule has 0 aromatic heterocycles. The van der Waals surface area contributed by atoms with Gasteiger partial charge in [-0.1, -0.05) is 30.3 Å².